The highest BCUT2D eigenvalue weighted by molar-refractivity contribution is 6.10. The molecule has 1 atom stereocenters. The zero-order valence-electron chi connectivity index (χ0n) is 17.0. The Balaban J connectivity index is 1.59. The minimum absolute atomic E-state index is 0.158. The van der Waals surface area contributed by atoms with Gasteiger partial charge in [0.2, 0.25) is 0 Å². The van der Waals surface area contributed by atoms with Crippen LogP contribution >= 0.6 is 0 Å². The van der Waals surface area contributed by atoms with Gasteiger partial charge in [0.25, 0.3) is 11.8 Å². The van der Waals surface area contributed by atoms with Crippen LogP contribution in [-0.2, 0) is 15.1 Å². The summed E-state index contributed by atoms with van der Waals surface area (Å²) >= 11 is 0. The molecule has 2 heterocycles. The fourth-order valence-corrected chi connectivity index (χ4v) is 4.36. The summed E-state index contributed by atoms with van der Waals surface area (Å²) in [4.78, 5) is 41.0. The van der Waals surface area contributed by atoms with E-state index in [2.05, 4.69) is 22.6 Å². The van der Waals surface area contributed by atoms with E-state index in [9.17, 15) is 14.4 Å². The van der Waals surface area contributed by atoms with E-state index in [1.54, 1.807) is 24.3 Å². The lowest BCUT2D eigenvalue weighted by Crippen LogP contribution is -2.52. The number of piperidine rings is 1. The van der Waals surface area contributed by atoms with E-state index in [0.29, 0.717) is 17.0 Å². The third-order valence-corrected chi connectivity index (χ3v) is 5.78. The highest BCUT2D eigenvalue weighted by Gasteiger charge is 2.54. The first-order chi connectivity index (χ1) is 14.5. The van der Waals surface area contributed by atoms with Gasteiger partial charge in [-0.2, -0.15) is 5.01 Å². The molecular formula is C23H26N4O3. The van der Waals surface area contributed by atoms with Crippen molar-refractivity contribution in [2.24, 2.45) is 5.92 Å². The van der Waals surface area contributed by atoms with E-state index in [-0.39, 0.29) is 12.5 Å². The van der Waals surface area contributed by atoms with Crippen molar-refractivity contribution in [2.45, 2.75) is 25.3 Å². The molecule has 30 heavy (non-hydrogen) atoms. The molecule has 0 unspecified atom stereocenters. The van der Waals surface area contributed by atoms with Crippen LogP contribution in [0.15, 0.2) is 60.7 Å². The van der Waals surface area contributed by atoms with E-state index in [1.165, 1.54) is 0 Å². The largest absolute Gasteiger partial charge is 0.344 e. The number of nitrogens with zero attached hydrogens (tertiary/aromatic N) is 2. The summed E-state index contributed by atoms with van der Waals surface area (Å²) in [5.41, 5.74) is 2.41. The van der Waals surface area contributed by atoms with Crippen molar-refractivity contribution >= 4 is 17.8 Å². The van der Waals surface area contributed by atoms with Crippen LogP contribution in [0.1, 0.15) is 30.9 Å². The first-order valence-corrected chi connectivity index (χ1v) is 10.3. The number of hydrazine groups is 1. The van der Waals surface area contributed by atoms with E-state index in [4.69, 9.17) is 0 Å². The molecule has 2 aromatic rings. The summed E-state index contributed by atoms with van der Waals surface area (Å²) in [5.74, 6) is -0.359. The Hall–Kier alpha value is -3.19. The lowest BCUT2D eigenvalue weighted by molar-refractivity contribution is -0.139. The summed E-state index contributed by atoms with van der Waals surface area (Å²) < 4.78 is 0. The van der Waals surface area contributed by atoms with Crippen LogP contribution in [0.4, 0.5) is 4.79 Å². The number of carbonyl (C=O) groups is 3. The number of rotatable bonds is 5. The van der Waals surface area contributed by atoms with Gasteiger partial charge in [-0.15, -0.1) is 0 Å². The molecule has 0 radical (unpaired) electrons. The zero-order chi connectivity index (χ0) is 21.1. The fourth-order valence-electron chi connectivity index (χ4n) is 4.36. The SMILES string of the molecule is C[C@H]1CCCN(CC(=O)NN2C(=O)NC(c3ccccc3)(c3ccccc3)C2=O)C1. The van der Waals surface area contributed by atoms with Gasteiger partial charge in [-0.1, -0.05) is 67.6 Å². The number of amides is 4. The number of urea groups is 1. The standard InChI is InChI=1S/C23H26N4O3/c1-17-9-8-14-26(15-17)16-20(28)25-27-21(29)23(24-22(27)30,18-10-4-2-5-11-18)19-12-6-3-7-13-19/h2-7,10-13,17H,8-9,14-16H2,1H3,(H,24,30)(H,25,28)/t17-/m0/s1. The lowest BCUT2D eigenvalue weighted by atomic mass is 9.83. The van der Waals surface area contributed by atoms with Crippen LogP contribution in [0.2, 0.25) is 0 Å². The third-order valence-electron chi connectivity index (χ3n) is 5.78. The predicted octanol–water partition coefficient (Wildman–Crippen LogP) is 2.25. The van der Waals surface area contributed by atoms with Crippen molar-refractivity contribution in [2.75, 3.05) is 19.6 Å². The van der Waals surface area contributed by atoms with Gasteiger partial charge >= 0.3 is 6.03 Å². The molecule has 0 aromatic heterocycles. The normalized spacial score (nSPS) is 21.4. The third kappa shape index (κ3) is 3.68. The number of carbonyl (C=O) groups excluding carboxylic acids is 3. The second-order valence-corrected chi connectivity index (χ2v) is 8.07. The highest BCUT2D eigenvalue weighted by Crippen LogP contribution is 2.35. The van der Waals surface area contributed by atoms with Gasteiger partial charge in [0.15, 0.2) is 5.54 Å². The summed E-state index contributed by atoms with van der Waals surface area (Å²) in [7, 11) is 0. The molecule has 2 aliphatic rings. The second-order valence-electron chi connectivity index (χ2n) is 8.07. The van der Waals surface area contributed by atoms with Gasteiger partial charge in [0.05, 0.1) is 6.54 Å². The molecule has 156 valence electrons. The molecule has 0 aliphatic carbocycles. The van der Waals surface area contributed by atoms with E-state index in [1.807, 2.05) is 36.4 Å². The fraction of sp³-hybridized carbons (Fsp3) is 0.348. The molecule has 2 aromatic carbocycles. The average molecular weight is 406 g/mol. The molecule has 7 nitrogen and oxygen atoms in total. The molecule has 2 N–H and O–H groups in total. The molecule has 0 bridgehead atoms. The number of hydrogen-bond acceptors (Lipinski definition) is 4. The molecule has 0 saturated carbocycles. The number of imide groups is 1. The number of likely N-dealkylation sites (tertiary alicyclic amines) is 1. The maximum Gasteiger partial charge on any atom is 0.344 e. The maximum absolute atomic E-state index is 13.5. The Kier molecular flexibility index (Phi) is 5.55. The highest BCUT2D eigenvalue weighted by atomic mass is 16.2. The van der Waals surface area contributed by atoms with E-state index < -0.39 is 17.5 Å². The minimum Gasteiger partial charge on any atom is -0.314 e. The van der Waals surface area contributed by atoms with Crippen LogP contribution in [0.3, 0.4) is 0 Å². The van der Waals surface area contributed by atoms with Crippen molar-refractivity contribution < 1.29 is 14.4 Å². The Morgan fingerprint density at radius 3 is 2.23 bits per heavy atom. The lowest BCUT2D eigenvalue weighted by Gasteiger charge is -2.30. The first-order valence-electron chi connectivity index (χ1n) is 10.3. The van der Waals surface area contributed by atoms with Gasteiger partial charge in [-0.05, 0) is 36.4 Å². The maximum atomic E-state index is 13.5. The van der Waals surface area contributed by atoms with Crippen LogP contribution in [0.5, 0.6) is 0 Å². The summed E-state index contributed by atoms with van der Waals surface area (Å²) in [6.07, 6.45) is 2.20. The van der Waals surface area contributed by atoms with E-state index >= 15 is 0 Å². The second kappa shape index (κ2) is 8.28. The number of benzene rings is 2. The predicted molar refractivity (Wildman–Crippen MR) is 112 cm³/mol. The molecule has 2 aliphatic heterocycles. The average Bonchev–Trinajstić information content (AvgIpc) is 3.00. The van der Waals surface area contributed by atoms with Crippen LogP contribution in [0.25, 0.3) is 0 Å². The van der Waals surface area contributed by atoms with E-state index in [0.717, 1.165) is 30.9 Å². The smallest absolute Gasteiger partial charge is 0.314 e. The Morgan fingerprint density at radius 1 is 1.07 bits per heavy atom. The molecule has 2 fully saturated rings. The van der Waals surface area contributed by atoms with Gasteiger partial charge in [0, 0.05) is 6.54 Å². The van der Waals surface area contributed by atoms with Crippen LogP contribution in [-0.4, -0.2) is 47.4 Å². The first kappa shape index (κ1) is 20.1. The Bertz CT molecular complexity index is 892. The molecule has 4 amide bonds. The van der Waals surface area contributed by atoms with Gasteiger partial charge in [-0.25, -0.2) is 4.79 Å². The molecule has 2 saturated heterocycles. The molecule has 4 rings (SSSR count). The number of hydrogen-bond donors (Lipinski definition) is 2. The number of nitrogens with one attached hydrogen (secondary N) is 2. The topological polar surface area (TPSA) is 81.8 Å². The van der Waals surface area contributed by atoms with Crippen LogP contribution in [0, 0.1) is 5.92 Å². The van der Waals surface area contributed by atoms with Gasteiger partial charge < -0.3 is 5.32 Å². The van der Waals surface area contributed by atoms with Crippen molar-refractivity contribution in [1.29, 1.82) is 0 Å². The summed E-state index contributed by atoms with van der Waals surface area (Å²) in [6.45, 7) is 4.00. The zero-order valence-corrected chi connectivity index (χ0v) is 17.0. The molecular weight excluding hydrogens is 380 g/mol. The van der Waals surface area contributed by atoms with Crippen molar-refractivity contribution in [3.8, 4) is 0 Å². The Morgan fingerprint density at radius 2 is 1.67 bits per heavy atom. The monoisotopic (exact) mass is 406 g/mol. The van der Waals surface area contributed by atoms with Gasteiger partial charge in [-0.3, -0.25) is 19.9 Å². The Labute approximate surface area is 176 Å². The minimum atomic E-state index is -1.38. The summed E-state index contributed by atoms with van der Waals surface area (Å²) in [6, 6.07) is 17.5. The van der Waals surface area contributed by atoms with Gasteiger partial charge in [0.1, 0.15) is 0 Å². The van der Waals surface area contributed by atoms with Crippen molar-refractivity contribution in [3.63, 3.8) is 0 Å². The summed E-state index contributed by atoms with van der Waals surface area (Å²) in [5, 5.41) is 3.64. The molecule has 0 spiro atoms. The molecule has 7 heteroatoms. The van der Waals surface area contributed by atoms with Crippen molar-refractivity contribution in [1.82, 2.24) is 20.7 Å². The quantitative estimate of drug-likeness (QED) is 0.747. The van der Waals surface area contributed by atoms with Crippen LogP contribution < -0.4 is 10.7 Å². The van der Waals surface area contributed by atoms with Crippen molar-refractivity contribution in [3.05, 3.63) is 71.8 Å².